The maximum atomic E-state index is 13.7. The Balaban J connectivity index is 0.00000220. The van der Waals surface area contributed by atoms with Crippen molar-refractivity contribution >= 4 is 18.3 Å². The molecule has 1 aromatic rings. The molecule has 1 amide bonds. The molecule has 2 N–H and O–H groups in total. The summed E-state index contributed by atoms with van der Waals surface area (Å²) >= 11 is 0. The van der Waals surface area contributed by atoms with Gasteiger partial charge in [-0.3, -0.25) is 4.79 Å². The van der Waals surface area contributed by atoms with E-state index in [1.54, 1.807) is 18.2 Å². The van der Waals surface area contributed by atoms with Crippen molar-refractivity contribution in [1.29, 1.82) is 0 Å². The number of carbonyl (C=O) groups is 1. The zero-order valence-electron chi connectivity index (χ0n) is 12.6. The number of hydrogen-bond donors (Lipinski definition) is 2. The smallest absolute Gasteiger partial charge is 0.220 e. The van der Waals surface area contributed by atoms with E-state index in [-0.39, 0.29) is 36.1 Å². The summed E-state index contributed by atoms with van der Waals surface area (Å²) < 4.78 is 13.7. The predicted octanol–water partition coefficient (Wildman–Crippen LogP) is 3.00. The number of carbonyl (C=O) groups excluding carboxylic acids is 1. The van der Waals surface area contributed by atoms with Crippen LogP contribution < -0.4 is 10.6 Å². The highest BCUT2D eigenvalue weighted by atomic mass is 35.5. The summed E-state index contributed by atoms with van der Waals surface area (Å²) in [6, 6.07) is 7.15. The molecule has 3 nitrogen and oxygen atoms in total. The molecule has 3 atom stereocenters. The second kappa shape index (κ2) is 8.35. The van der Waals surface area contributed by atoms with E-state index in [9.17, 15) is 9.18 Å². The summed E-state index contributed by atoms with van der Waals surface area (Å²) in [7, 11) is 0. The summed E-state index contributed by atoms with van der Waals surface area (Å²) in [6.07, 6.45) is 2.41. The summed E-state index contributed by atoms with van der Waals surface area (Å²) in [5.74, 6) is -0.343. The van der Waals surface area contributed by atoms with Gasteiger partial charge < -0.3 is 10.6 Å². The van der Waals surface area contributed by atoms with Crippen molar-refractivity contribution in [3.63, 3.8) is 0 Å². The molecule has 1 heterocycles. The number of rotatable bonds is 4. The predicted molar refractivity (Wildman–Crippen MR) is 85.3 cm³/mol. The lowest BCUT2D eigenvalue weighted by Crippen LogP contribution is -2.52. The number of amides is 1. The molecule has 118 valence electrons. The van der Waals surface area contributed by atoms with Gasteiger partial charge in [-0.15, -0.1) is 12.4 Å². The molecular formula is C16H24ClFN2O. The van der Waals surface area contributed by atoms with Crippen LogP contribution >= 0.6 is 12.4 Å². The maximum absolute atomic E-state index is 13.7. The average molecular weight is 315 g/mol. The molecule has 1 aromatic carbocycles. The Kier molecular flexibility index (Phi) is 7.12. The second-order valence-electron chi connectivity index (χ2n) is 5.69. The first-order valence-electron chi connectivity index (χ1n) is 7.35. The van der Waals surface area contributed by atoms with Crippen molar-refractivity contribution in [2.75, 3.05) is 6.54 Å². The number of halogens is 2. The number of hydrogen-bond acceptors (Lipinski definition) is 2. The van der Waals surface area contributed by atoms with E-state index in [0.717, 1.165) is 19.4 Å². The summed E-state index contributed by atoms with van der Waals surface area (Å²) in [5.41, 5.74) is 0.609. The van der Waals surface area contributed by atoms with Crippen LogP contribution in [0.5, 0.6) is 0 Å². The third-order valence-electron chi connectivity index (χ3n) is 4.04. The monoisotopic (exact) mass is 314 g/mol. The summed E-state index contributed by atoms with van der Waals surface area (Å²) in [4.78, 5) is 12.1. The molecule has 2 rings (SSSR count). The number of benzene rings is 1. The molecule has 1 aliphatic heterocycles. The largest absolute Gasteiger partial charge is 0.352 e. The Bertz CT molecular complexity index is 469. The van der Waals surface area contributed by atoms with Crippen molar-refractivity contribution in [1.82, 2.24) is 10.6 Å². The lowest BCUT2D eigenvalue weighted by atomic mass is 9.95. The summed E-state index contributed by atoms with van der Waals surface area (Å²) in [5, 5.41) is 6.42. The van der Waals surface area contributed by atoms with Gasteiger partial charge in [0, 0.05) is 18.5 Å². The lowest BCUT2D eigenvalue weighted by Gasteiger charge is -2.31. The fraction of sp³-hybridized carbons (Fsp3) is 0.562. The molecule has 3 unspecified atom stereocenters. The topological polar surface area (TPSA) is 41.1 Å². The van der Waals surface area contributed by atoms with Crippen molar-refractivity contribution in [3.8, 4) is 0 Å². The molecule has 0 saturated carbocycles. The zero-order chi connectivity index (χ0) is 14.5. The van der Waals surface area contributed by atoms with Crippen LogP contribution in [0.2, 0.25) is 0 Å². The third kappa shape index (κ3) is 4.97. The highest BCUT2D eigenvalue weighted by Crippen LogP contribution is 2.22. The molecule has 1 saturated heterocycles. The highest BCUT2D eigenvalue weighted by Gasteiger charge is 2.23. The fourth-order valence-corrected chi connectivity index (χ4v) is 2.77. The molecule has 5 heteroatoms. The Morgan fingerprint density at radius 3 is 2.86 bits per heavy atom. The van der Waals surface area contributed by atoms with Gasteiger partial charge in [-0.2, -0.15) is 0 Å². The molecule has 0 spiro atoms. The van der Waals surface area contributed by atoms with Crippen molar-refractivity contribution in [2.24, 2.45) is 0 Å². The second-order valence-corrected chi connectivity index (χ2v) is 5.69. The van der Waals surface area contributed by atoms with E-state index >= 15 is 0 Å². The van der Waals surface area contributed by atoms with Gasteiger partial charge in [0.25, 0.3) is 0 Å². The zero-order valence-corrected chi connectivity index (χ0v) is 13.4. The molecule has 0 bridgehead atoms. The van der Waals surface area contributed by atoms with Crippen LogP contribution in [-0.2, 0) is 4.79 Å². The Labute approximate surface area is 132 Å². The minimum absolute atomic E-state index is 0. The van der Waals surface area contributed by atoms with Crippen LogP contribution in [0.3, 0.4) is 0 Å². The first-order chi connectivity index (χ1) is 9.58. The molecule has 21 heavy (non-hydrogen) atoms. The van der Waals surface area contributed by atoms with Gasteiger partial charge >= 0.3 is 0 Å². The fourth-order valence-electron chi connectivity index (χ4n) is 2.77. The normalized spacial score (nSPS) is 23.0. The van der Waals surface area contributed by atoms with Crippen molar-refractivity contribution < 1.29 is 9.18 Å². The molecule has 0 radical (unpaired) electrons. The number of nitrogens with one attached hydrogen (secondary N) is 2. The van der Waals surface area contributed by atoms with Gasteiger partial charge in [-0.05, 0) is 43.9 Å². The van der Waals surface area contributed by atoms with E-state index in [1.165, 1.54) is 6.07 Å². The van der Waals surface area contributed by atoms with Crippen LogP contribution in [-0.4, -0.2) is 24.5 Å². The first kappa shape index (κ1) is 17.9. The molecule has 1 aliphatic rings. The van der Waals surface area contributed by atoms with Crippen LogP contribution in [0.4, 0.5) is 4.39 Å². The van der Waals surface area contributed by atoms with Gasteiger partial charge in [-0.25, -0.2) is 4.39 Å². The van der Waals surface area contributed by atoms with Crippen molar-refractivity contribution in [3.05, 3.63) is 35.6 Å². The van der Waals surface area contributed by atoms with E-state index in [0.29, 0.717) is 18.0 Å². The SMILES string of the molecule is CC(CC(=O)NC1CCCNC1C)c1ccccc1F.Cl. The standard InChI is InChI=1S/C16H23FN2O.ClH/c1-11(13-6-3-4-7-14(13)17)10-16(20)19-15-8-5-9-18-12(15)2;/h3-4,6-7,11-12,15,18H,5,8-10H2,1-2H3,(H,19,20);1H. The Morgan fingerprint density at radius 2 is 2.19 bits per heavy atom. The highest BCUT2D eigenvalue weighted by molar-refractivity contribution is 5.85. The number of piperidine rings is 1. The van der Waals surface area contributed by atoms with Gasteiger partial charge in [0.1, 0.15) is 5.82 Å². The summed E-state index contributed by atoms with van der Waals surface area (Å²) in [6.45, 7) is 4.99. The quantitative estimate of drug-likeness (QED) is 0.897. The minimum atomic E-state index is -0.236. The Hall–Kier alpha value is -1.13. The van der Waals surface area contributed by atoms with Gasteiger partial charge in [0.05, 0.1) is 0 Å². The van der Waals surface area contributed by atoms with Crippen LogP contribution in [0.1, 0.15) is 44.6 Å². The van der Waals surface area contributed by atoms with Gasteiger partial charge in [0.15, 0.2) is 0 Å². The van der Waals surface area contributed by atoms with E-state index in [2.05, 4.69) is 17.6 Å². The average Bonchev–Trinajstić information content (AvgIpc) is 2.41. The third-order valence-corrected chi connectivity index (χ3v) is 4.04. The van der Waals surface area contributed by atoms with E-state index < -0.39 is 0 Å². The van der Waals surface area contributed by atoms with Crippen LogP contribution in [0.25, 0.3) is 0 Å². The van der Waals surface area contributed by atoms with Crippen LogP contribution in [0.15, 0.2) is 24.3 Å². The molecule has 1 fully saturated rings. The molecule has 0 aliphatic carbocycles. The minimum Gasteiger partial charge on any atom is -0.352 e. The van der Waals surface area contributed by atoms with Crippen LogP contribution in [0, 0.1) is 5.82 Å². The van der Waals surface area contributed by atoms with Crippen molar-refractivity contribution in [2.45, 2.75) is 51.1 Å². The lowest BCUT2D eigenvalue weighted by molar-refractivity contribution is -0.122. The van der Waals surface area contributed by atoms with E-state index in [4.69, 9.17) is 0 Å². The van der Waals surface area contributed by atoms with E-state index in [1.807, 2.05) is 6.92 Å². The first-order valence-corrected chi connectivity index (χ1v) is 7.35. The Morgan fingerprint density at radius 1 is 1.48 bits per heavy atom. The van der Waals surface area contributed by atoms with Gasteiger partial charge in [0.2, 0.25) is 5.91 Å². The maximum Gasteiger partial charge on any atom is 0.220 e. The molecular weight excluding hydrogens is 291 g/mol. The van der Waals surface area contributed by atoms with Gasteiger partial charge in [-0.1, -0.05) is 25.1 Å². The molecule has 0 aromatic heterocycles.